The van der Waals surface area contributed by atoms with Crippen LogP contribution in [0.25, 0.3) is 0 Å². The minimum Gasteiger partial charge on any atom is -0.507 e. The van der Waals surface area contributed by atoms with Crippen LogP contribution < -0.4 is 5.32 Å². The molecule has 4 heteroatoms. The molecule has 1 heterocycles. The van der Waals surface area contributed by atoms with E-state index < -0.39 is 5.54 Å². The minimum absolute atomic E-state index is 0.166. The van der Waals surface area contributed by atoms with Crippen molar-refractivity contribution in [1.82, 2.24) is 10.2 Å². The van der Waals surface area contributed by atoms with E-state index in [9.17, 15) is 9.90 Å². The average Bonchev–Trinajstić information content (AvgIpc) is 2.57. The topological polar surface area (TPSA) is 52.6 Å². The number of hydrogen-bond donors (Lipinski definition) is 2. The van der Waals surface area contributed by atoms with Crippen LogP contribution in [-0.4, -0.2) is 33.5 Å². The molecule has 2 N–H and O–H groups in total. The lowest BCUT2D eigenvalue weighted by atomic mass is 9.78. The van der Waals surface area contributed by atoms with Gasteiger partial charge in [0.1, 0.15) is 5.75 Å². The molecule has 2 unspecified atom stereocenters. The zero-order valence-electron chi connectivity index (χ0n) is 19.6. The molecule has 4 nitrogen and oxygen atoms in total. The molecule has 2 aliphatic rings. The maximum Gasteiger partial charge on any atom is 0.242 e. The highest BCUT2D eigenvalue weighted by molar-refractivity contribution is 5.87. The van der Waals surface area contributed by atoms with Crippen LogP contribution in [0.3, 0.4) is 0 Å². The van der Waals surface area contributed by atoms with Gasteiger partial charge in [-0.15, -0.1) is 0 Å². The van der Waals surface area contributed by atoms with E-state index >= 15 is 0 Å². The molecule has 162 valence electrons. The molecule has 0 bridgehead atoms. The zero-order chi connectivity index (χ0) is 21.8. The SMILES string of the molecule is CC1(C)NC2CCCCC2N(Cc2cc(C(C)(C)C)c(O)c(C(C)(C)C)c2)C1=O. The lowest BCUT2D eigenvalue weighted by molar-refractivity contribution is -0.147. The predicted molar refractivity (Wildman–Crippen MR) is 119 cm³/mol. The van der Waals surface area contributed by atoms with Crippen LogP contribution in [0.4, 0.5) is 0 Å². The number of benzene rings is 1. The van der Waals surface area contributed by atoms with Gasteiger partial charge in [0.05, 0.1) is 5.54 Å². The standard InChI is InChI=1S/C25H40N2O2/c1-23(2,3)17-13-16(14-18(21(17)28)24(4,5)6)15-27-20-12-10-9-11-19(20)26-25(7,8)22(27)29/h13-14,19-20,26,28H,9-12,15H2,1-8H3. The van der Waals surface area contributed by atoms with E-state index in [2.05, 4.69) is 63.9 Å². The Bertz CT molecular complexity index is 748. The first-order valence-corrected chi connectivity index (χ1v) is 11.2. The van der Waals surface area contributed by atoms with Crippen LogP contribution in [0.2, 0.25) is 0 Å². The lowest BCUT2D eigenvalue weighted by Crippen LogP contribution is -2.70. The van der Waals surface area contributed by atoms with Gasteiger partial charge in [-0.2, -0.15) is 0 Å². The number of nitrogens with one attached hydrogen (secondary N) is 1. The van der Waals surface area contributed by atoms with E-state index in [0.717, 1.165) is 29.5 Å². The summed E-state index contributed by atoms with van der Waals surface area (Å²) in [5.74, 6) is 0.583. The Labute approximate surface area is 177 Å². The van der Waals surface area contributed by atoms with Crippen LogP contribution in [-0.2, 0) is 22.2 Å². The number of rotatable bonds is 2. The van der Waals surface area contributed by atoms with E-state index in [0.29, 0.717) is 18.3 Å². The van der Waals surface area contributed by atoms with Crippen molar-refractivity contribution < 1.29 is 9.90 Å². The average molecular weight is 401 g/mol. The Morgan fingerprint density at radius 3 is 2.07 bits per heavy atom. The van der Waals surface area contributed by atoms with Gasteiger partial charge in [0.25, 0.3) is 0 Å². The van der Waals surface area contributed by atoms with Crippen molar-refractivity contribution in [2.75, 3.05) is 0 Å². The third-order valence-corrected chi connectivity index (χ3v) is 6.61. The normalized spacial score (nSPS) is 25.1. The largest absolute Gasteiger partial charge is 0.507 e. The van der Waals surface area contributed by atoms with Gasteiger partial charge >= 0.3 is 0 Å². The Morgan fingerprint density at radius 2 is 1.55 bits per heavy atom. The fraction of sp³-hybridized carbons (Fsp3) is 0.720. The van der Waals surface area contributed by atoms with Gasteiger partial charge in [0.15, 0.2) is 0 Å². The molecule has 1 aliphatic heterocycles. The van der Waals surface area contributed by atoms with Crippen molar-refractivity contribution in [2.24, 2.45) is 0 Å². The predicted octanol–water partition coefficient (Wildman–Crippen LogP) is 5.01. The molecular formula is C25H40N2O2. The Kier molecular flexibility index (Phi) is 5.57. The highest BCUT2D eigenvalue weighted by Gasteiger charge is 2.46. The summed E-state index contributed by atoms with van der Waals surface area (Å²) < 4.78 is 0. The summed E-state index contributed by atoms with van der Waals surface area (Å²) in [6.45, 7) is 17.4. The molecule has 1 saturated carbocycles. The molecule has 1 aromatic carbocycles. The fourth-order valence-electron chi connectivity index (χ4n) is 5.00. The summed E-state index contributed by atoms with van der Waals surface area (Å²) in [6.07, 6.45) is 4.61. The number of carbonyl (C=O) groups is 1. The number of fused-ring (bicyclic) bond motifs is 1. The summed E-state index contributed by atoms with van der Waals surface area (Å²) in [6, 6.07) is 4.86. The van der Waals surface area contributed by atoms with Crippen molar-refractivity contribution in [3.05, 3.63) is 28.8 Å². The smallest absolute Gasteiger partial charge is 0.242 e. The third kappa shape index (κ3) is 4.33. The number of hydrogen-bond acceptors (Lipinski definition) is 3. The number of piperazine rings is 1. The first kappa shape index (κ1) is 22.1. The van der Waals surface area contributed by atoms with Crippen LogP contribution >= 0.6 is 0 Å². The fourth-order valence-corrected chi connectivity index (χ4v) is 5.00. The quantitative estimate of drug-likeness (QED) is 0.734. The molecule has 0 aromatic heterocycles. The number of phenols is 1. The number of phenolic OH excluding ortho intramolecular Hbond substituents is 1. The van der Waals surface area contributed by atoms with Gasteiger partial charge in [0.2, 0.25) is 5.91 Å². The Morgan fingerprint density at radius 1 is 1.03 bits per heavy atom. The first-order chi connectivity index (χ1) is 13.2. The lowest BCUT2D eigenvalue weighted by Gasteiger charge is -2.50. The number of aromatic hydroxyl groups is 1. The van der Waals surface area contributed by atoms with Crippen molar-refractivity contribution in [2.45, 2.75) is 116 Å². The van der Waals surface area contributed by atoms with E-state index in [-0.39, 0.29) is 22.8 Å². The number of carbonyl (C=O) groups excluding carboxylic acids is 1. The van der Waals surface area contributed by atoms with Gasteiger partial charge in [-0.3, -0.25) is 10.1 Å². The minimum atomic E-state index is -0.533. The van der Waals surface area contributed by atoms with Crippen LogP contribution in [0.15, 0.2) is 12.1 Å². The van der Waals surface area contributed by atoms with Gasteiger partial charge in [-0.25, -0.2) is 0 Å². The van der Waals surface area contributed by atoms with E-state index in [1.165, 1.54) is 12.8 Å². The van der Waals surface area contributed by atoms with E-state index in [1.54, 1.807) is 0 Å². The third-order valence-electron chi connectivity index (χ3n) is 6.61. The second-order valence-electron chi connectivity index (χ2n) is 11.7. The van der Waals surface area contributed by atoms with Crippen LogP contribution in [0, 0.1) is 0 Å². The molecule has 2 fully saturated rings. The molecule has 2 atom stereocenters. The zero-order valence-corrected chi connectivity index (χ0v) is 19.6. The molecule has 1 aliphatic carbocycles. The van der Waals surface area contributed by atoms with Gasteiger partial charge in [0, 0.05) is 18.6 Å². The van der Waals surface area contributed by atoms with Crippen LogP contribution in [0.1, 0.15) is 97.8 Å². The summed E-state index contributed by atoms with van der Waals surface area (Å²) in [5.41, 5.74) is 2.17. The molecule has 0 spiro atoms. The van der Waals surface area contributed by atoms with E-state index in [4.69, 9.17) is 0 Å². The summed E-state index contributed by atoms with van der Waals surface area (Å²) in [5, 5.41) is 14.6. The second-order valence-corrected chi connectivity index (χ2v) is 11.7. The molecule has 0 radical (unpaired) electrons. The molecule has 29 heavy (non-hydrogen) atoms. The molecule has 3 rings (SSSR count). The van der Waals surface area contributed by atoms with Crippen molar-refractivity contribution in [1.29, 1.82) is 0 Å². The summed E-state index contributed by atoms with van der Waals surface area (Å²) in [4.78, 5) is 15.5. The number of amides is 1. The molecule has 1 aromatic rings. The van der Waals surface area contributed by atoms with Crippen molar-refractivity contribution in [3.63, 3.8) is 0 Å². The van der Waals surface area contributed by atoms with E-state index in [1.807, 2.05) is 13.8 Å². The highest BCUT2D eigenvalue weighted by atomic mass is 16.3. The Balaban J connectivity index is 2.04. The maximum atomic E-state index is 13.4. The van der Waals surface area contributed by atoms with Crippen LogP contribution in [0.5, 0.6) is 5.75 Å². The highest BCUT2D eigenvalue weighted by Crippen LogP contribution is 2.41. The monoisotopic (exact) mass is 400 g/mol. The van der Waals surface area contributed by atoms with Gasteiger partial charge in [-0.1, -0.05) is 54.4 Å². The van der Waals surface area contributed by atoms with Gasteiger partial charge in [-0.05, 0) is 66.3 Å². The summed E-state index contributed by atoms with van der Waals surface area (Å²) >= 11 is 0. The van der Waals surface area contributed by atoms with Gasteiger partial charge < -0.3 is 10.0 Å². The molecular weight excluding hydrogens is 360 g/mol. The van der Waals surface area contributed by atoms with Crippen molar-refractivity contribution >= 4 is 5.91 Å². The number of nitrogens with zero attached hydrogens (tertiary/aromatic N) is 1. The Hall–Kier alpha value is -1.55. The second kappa shape index (κ2) is 7.30. The summed E-state index contributed by atoms with van der Waals surface area (Å²) in [7, 11) is 0. The molecule has 1 amide bonds. The maximum absolute atomic E-state index is 13.4. The first-order valence-electron chi connectivity index (χ1n) is 11.2. The van der Waals surface area contributed by atoms with Crippen molar-refractivity contribution in [3.8, 4) is 5.75 Å². The molecule has 1 saturated heterocycles.